The SMILES string of the molecule is CC(=O)C(C)(CCc1ccc(Cl)cc1)[C@H]1NC[C@@H](CC(=O)NS(=O)(=O)C(F)(F)F)C[C@@H]1c1cccc(Cl)c1. The zero-order chi connectivity index (χ0) is 28.3. The maximum Gasteiger partial charge on any atom is 0.516 e. The molecule has 0 aliphatic carbocycles. The summed E-state index contributed by atoms with van der Waals surface area (Å²) < 4.78 is 61.9. The molecule has 208 valence electrons. The Kier molecular flexibility index (Phi) is 9.55. The number of rotatable bonds is 9. The van der Waals surface area contributed by atoms with Gasteiger partial charge in [-0.25, -0.2) is 4.72 Å². The van der Waals surface area contributed by atoms with Crippen molar-refractivity contribution in [2.45, 2.75) is 57.0 Å². The van der Waals surface area contributed by atoms with Crippen LogP contribution in [0.3, 0.4) is 0 Å². The van der Waals surface area contributed by atoms with Gasteiger partial charge >= 0.3 is 15.5 Å². The van der Waals surface area contributed by atoms with Crippen LogP contribution in [0.4, 0.5) is 13.2 Å². The first-order chi connectivity index (χ1) is 17.6. The van der Waals surface area contributed by atoms with Crippen LogP contribution < -0.4 is 10.0 Å². The first-order valence-corrected chi connectivity index (χ1v) is 14.2. The number of carbonyl (C=O) groups excluding carboxylic acids is 2. The molecule has 0 saturated carbocycles. The number of piperidine rings is 1. The molecule has 1 aliphatic heterocycles. The Morgan fingerprint density at radius 3 is 2.32 bits per heavy atom. The van der Waals surface area contributed by atoms with E-state index in [2.05, 4.69) is 5.32 Å². The lowest BCUT2D eigenvalue weighted by Crippen LogP contribution is -2.56. The number of halogens is 5. The van der Waals surface area contributed by atoms with Gasteiger partial charge in [0.15, 0.2) is 0 Å². The summed E-state index contributed by atoms with van der Waals surface area (Å²) in [6, 6.07) is 14.1. The number of amides is 1. The van der Waals surface area contributed by atoms with Gasteiger partial charge in [-0.1, -0.05) is 54.4 Å². The maximum atomic E-state index is 13.1. The molecule has 1 unspecified atom stereocenters. The zero-order valence-corrected chi connectivity index (χ0v) is 23.1. The minimum Gasteiger partial charge on any atom is -0.312 e. The molecule has 1 heterocycles. The highest BCUT2D eigenvalue weighted by atomic mass is 35.5. The van der Waals surface area contributed by atoms with E-state index in [4.69, 9.17) is 23.2 Å². The molecule has 2 N–H and O–H groups in total. The van der Waals surface area contributed by atoms with E-state index in [0.717, 1.165) is 15.8 Å². The van der Waals surface area contributed by atoms with E-state index in [1.807, 2.05) is 25.1 Å². The number of carbonyl (C=O) groups is 2. The van der Waals surface area contributed by atoms with Gasteiger partial charge in [-0.3, -0.25) is 9.59 Å². The van der Waals surface area contributed by atoms with Crippen LogP contribution >= 0.6 is 23.2 Å². The highest BCUT2D eigenvalue weighted by Crippen LogP contribution is 2.43. The molecular weight excluding hydrogens is 564 g/mol. The molecule has 0 spiro atoms. The van der Waals surface area contributed by atoms with E-state index in [0.29, 0.717) is 29.3 Å². The van der Waals surface area contributed by atoms with Crippen LogP contribution in [0, 0.1) is 11.3 Å². The Hall–Kier alpha value is -2.14. The summed E-state index contributed by atoms with van der Waals surface area (Å²) in [5, 5.41) is 4.45. The van der Waals surface area contributed by atoms with Crippen molar-refractivity contribution in [3.05, 3.63) is 69.7 Å². The fourth-order valence-corrected chi connectivity index (χ4v) is 5.85. The molecule has 38 heavy (non-hydrogen) atoms. The third-order valence-electron chi connectivity index (χ3n) is 7.26. The molecule has 4 atom stereocenters. The lowest BCUT2D eigenvalue weighted by Gasteiger charge is -2.46. The van der Waals surface area contributed by atoms with Crippen LogP contribution in [0.5, 0.6) is 0 Å². The Bertz CT molecular complexity index is 1270. The van der Waals surface area contributed by atoms with Gasteiger partial charge in [0.2, 0.25) is 5.91 Å². The lowest BCUT2D eigenvalue weighted by atomic mass is 9.64. The second kappa shape index (κ2) is 11.9. The molecule has 12 heteroatoms. The topological polar surface area (TPSA) is 92.3 Å². The molecule has 1 aliphatic rings. The molecule has 0 aromatic heterocycles. The molecule has 1 amide bonds. The summed E-state index contributed by atoms with van der Waals surface area (Å²) >= 11 is 12.2. The fourth-order valence-electron chi connectivity index (χ4n) is 5.02. The van der Waals surface area contributed by atoms with Gasteiger partial charge in [-0.05, 0) is 74.0 Å². The van der Waals surface area contributed by atoms with Crippen molar-refractivity contribution in [2.24, 2.45) is 11.3 Å². The minimum atomic E-state index is -5.79. The summed E-state index contributed by atoms with van der Waals surface area (Å²) in [6.07, 6.45) is 1.01. The van der Waals surface area contributed by atoms with Crippen LogP contribution in [0.2, 0.25) is 10.0 Å². The number of alkyl halides is 3. The molecule has 2 aromatic carbocycles. The summed E-state index contributed by atoms with van der Waals surface area (Å²) in [6.45, 7) is 3.62. The van der Waals surface area contributed by atoms with E-state index < -0.39 is 39.2 Å². The van der Waals surface area contributed by atoms with Crippen LogP contribution in [0.1, 0.15) is 50.2 Å². The molecule has 2 aromatic rings. The minimum absolute atomic E-state index is 0.0385. The van der Waals surface area contributed by atoms with Crippen molar-refractivity contribution in [3.63, 3.8) is 0 Å². The number of hydrogen-bond acceptors (Lipinski definition) is 5. The van der Waals surface area contributed by atoms with Gasteiger partial charge in [0.05, 0.1) is 0 Å². The Labute approximate surface area is 230 Å². The van der Waals surface area contributed by atoms with E-state index >= 15 is 0 Å². The summed E-state index contributed by atoms with van der Waals surface area (Å²) in [4.78, 5) is 25.3. The van der Waals surface area contributed by atoms with Gasteiger partial charge < -0.3 is 5.32 Å². The number of Topliss-reactive ketones (excluding diaryl/α,β-unsaturated/α-hetero) is 1. The Balaban J connectivity index is 1.85. The highest BCUT2D eigenvalue weighted by Gasteiger charge is 2.48. The van der Waals surface area contributed by atoms with E-state index in [1.54, 1.807) is 30.3 Å². The molecule has 6 nitrogen and oxygen atoms in total. The molecular formula is C26H29Cl2F3N2O4S. The van der Waals surface area contributed by atoms with Gasteiger partial charge in [0.1, 0.15) is 5.78 Å². The fraction of sp³-hybridized carbons (Fsp3) is 0.462. The number of sulfonamides is 1. The average molecular weight is 593 g/mol. The van der Waals surface area contributed by atoms with Gasteiger partial charge in [-0.2, -0.15) is 21.6 Å². The second-order valence-electron chi connectivity index (χ2n) is 9.93. The first kappa shape index (κ1) is 30.4. The smallest absolute Gasteiger partial charge is 0.312 e. The second-order valence-corrected chi connectivity index (χ2v) is 12.5. The van der Waals surface area contributed by atoms with Crippen molar-refractivity contribution >= 4 is 44.9 Å². The van der Waals surface area contributed by atoms with Crippen LogP contribution in [-0.2, 0) is 26.0 Å². The molecule has 3 rings (SSSR count). The summed E-state index contributed by atoms with van der Waals surface area (Å²) in [5.74, 6) is -2.08. The Morgan fingerprint density at radius 1 is 1.08 bits per heavy atom. The lowest BCUT2D eigenvalue weighted by molar-refractivity contribution is -0.129. The maximum absolute atomic E-state index is 13.1. The van der Waals surface area contributed by atoms with Crippen molar-refractivity contribution in [2.75, 3.05) is 6.54 Å². The van der Waals surface area contributed by atoms with Crippen molar-refractivity contribution in [1.82, 2.24) is 10.0 Å². The number of nitrogens with one attached hydrogen (secondary N) is 2. The third kappa shape index (κ3) is 7.28. The van der Waals surface area contributed by atoms with Gasteiger partial charge in [0.25, 0.3) is 0 Å². The molecule has 0 bridgehead atoms. The summed E-state index contributed by atoms with van der Waals surface area (Å²) in [7, 11) is -5.79. The monoisotopic (exact) mass is 592 g/mol. The predicted molar refractivity (Wildman–Crippen MR) is 140 cm³/mol. The van der Waals surface area contributed by atoms with E-state index in [-0.39, 0.29) is 24.3 Å². The normalized spacial score (nSPS) is 21.9. The van der Waals surface area contributed by atoms with Gasteiger partial charge in [0, 0.05) is 33.8 Å². The molecule has 0 radical (unpaired) electrons. The molecule has 1 saturated heterocycles. The first-order valence-electron chi connectivity index (χ1n) is 12.0. The average Bonchev–Trinajstić information content (AvgIpc) is 2.82. The highest BCUT2D eigenvalue weighted by molar-refractivity contribution is 7.90. The standard InChI is InChI=1S/C26H29Cl2F3N2O4S/c1-16(34)25(2,11-10-17-6-8-20(27)9-7-17)24-22(19-4-3-5-21(28)14-19)12-18(15-32-24)13-23(35)33-38(36,37)26(29,30)31/h3-9,14,18,22,24,32H,10-13,15H2,1-2H3,(H,33,35)/t18-,22-,24+,25?/m1/s1. The van der Waals surface area contributed by atoms with Crippen LogP contribution in [0.15, 0.2) is 48.5 Å². The predicted octanol–water partition coefficient (Wildman–Crippen LogP) is 5.64. The summed E-state index contributed by atoms with van der Waals surface area (Å²) in [5.41, 5.74) is -4.60. The van der Waals surface area contributed by atoms with Crippen LogP contribution in [0.25, 0.3) is 0 Å². The van der Waals surface area contributed by atoms with Crippen LogP contribution in [-0.4, -0.2) is 38.2 Å². The number of ketones is 1. The number of benzene rings is 2. The number of hydrogen-bond donors (Lipinski definition) is 2. The number of aryl methyl sites for hydroxylation is 1. The van der Waals surface area contributed by atoms with E-state index in [1.165, 1.54) is 6.92 Å². The third-order valence-corrected chi connectivity index (χ3v) is 8.85. The van der Waals surface area contributed by atoms with Crippen molar-refractivity contribution < 1.29 is 31.2 Å². The van der Waals surface area contributed by atoms with Gasteiger partial charge in [-0.15, -0.1) is 0 Å². The zero-order valence-electron chi connectivity index (χ0n) is 20.8. The molecule has 1 fully saturated rings. The van der Waals surface area contributed by atoms with Crippen molar-refractivity contribution in [3.8, 4) is 0 Å². The van der Waals surface area contributed by atoms with E-state index in [9.17, 15) is 31.2 Å². The van der Waals surface area contributed by atoms with Crippen molar-refractivity contribution in [1.29, 1.82) is 0 Å². The largest absolute Gasteiger partial charge is 0.516 e. The quantitative estimate of drug-likeness (QED) is 0.393. The Morgan fingerprint density at radius 2 is 1.74 bits per heavy atom.